The Kier molecular flexibility index (Phi) is 3.79. The van der Waals surface area contributed by atoms with Crippen LogP contribution in [-0.2, 0) is 15.9 Å². The predicted octanol–water partition coefficient (Wildman–Crippen LogP) is 3.67. The summed E-state index contributed by atoms with van der Waals surface area (Å²) in [7, 11) is -3.44. The largest absolute Gasteiger partial charge is 0.244 e. The average molecular weight is 330 g/mol. The molecule has 0 bridgehead atoms. The van der Waals surface area contributed by atoms with E-state index in [-0.39, 0.29) is 5.88 Å². The van der Waals surface area contributed by atoms with Crippen molar-refractivity contribution in [3.05, 3.63) is 29.1 Å². The van der Waals surface area contributed by atoms with Gasteiger partial charge in [0.05, 0.1) is 5.88 Å². The van der Waals surface area contributed by atoms with Crippen molar-refractivity contribution in [2.75, 3.05) is 13.1 Å². The molecule has 0 amide bonds. The minimum atomic E-state index is -3.44. The van der Waals surface area contributed by atoms with Crippen LogP contribution < -0.4 is 0 Å². The van der Waals surface area contributed by atoms with Gasteiger partial charge in [-0.3, -0.25) is 0 Å². The van der Waals surface area contributed by atoms with Gasteiger partial charge in [0.25, 0.3) is 0 Å². The Bertz CT molecular complexity index is 739. The van der Waals surface area contributed by atoms with Gasteiger partial charge in [-0.05, 0) is 18.4 Å². The molecule has 1 aliphatic rings. The number of sulfonamides is 1. The summed E-state index contributed by atoms with van der Waals surface area (Å²) >= 11 is 7.44. The van der Waals surface area contributed by atoms with E-state index in [0.717, 1.165) is 21.4 Å². The molecular formula is C14H16ClNO2S2. The van der Waals surface area contributed by atoms with E-state index in [1.165, 1.54) is 11.3 Å². The fraction of sp³-hybridized carbons (Fsp3) is 0.429. The number of halogens is 1. The molecule has 3 rings (SSSR count). The third kappa shape index (κ3) is 2.26. The van der Waals surface area contributed by atoms with Crippen LogP contribution in [0.3, 0.4) is 0 Å². The number of fused-ring (bicyclic) bond motifs is 1. The van der Waals surface area contributed by atoms with Gasteiger partial charge in [0, 0.05) is 28.1 Å². The lowest BCUT2D eigenvalue weighted by molar-refractivity contribution is 0.465. The standard InChI is InChI=1S/C14H16ClNO2S2/c1-10-6-7-16(9-10)20(17,18)14-11-4-2-3-5-12(11)19-13(14)8-15/h2-5,10H,6-9H2,1H3. The minimum absolute atomic E-state index is 0.233. The van der Waals surface area contributed by atoms with Crippen molar-refractivity contribution in [3.63, 3.8) is 0 Å². The molecule has 0 saturated carbocycles. The van der Waals surface area contributed by atoms with E-state index in [2.05, 4.69) is 6.92 Å². The number of hydrogen-bond acceptors (Lipinski definition) is 3. The molecule has 0 aliphatic carbocycles. The van der Waals surface area contributed by atoms with E-state index >= 15 is 0 Å². The van der Waals surface area contributed by atoms with Crippen molar-refractivity contribution >= 4 is 43.0 Å². The van der Waals surface area contributed by atoms with Crippen LogP contribution in [0, 0.1) is 5.92 Å². The number of benzene rings is 1. The first-order valence-corrected chi connectivity index (χ1v) is 9.39. The number of nitrogens with zero attached hydrogens (tertiary/aromatic N) is 1. The lowest BCUT2D eigenvalue weighted by Crippen LogP contribution is -2.29. The monoisotopic (exact) mass is 329 g/mol. The Labute approximate surface area is 128 Å². The van der Waals surface area contributed by atoms with Crippen LogP contribution in [0.2, 0.25) is 0 Å². The molecule has 1 atom stereocenters. The Morgan fingerprint density at radius 1 is 1.40 bits per heavy atom. The molecule has 1 aromatic heterocycles. The number of alkyl halides is 1. The smallest absolute Gasteiger partial charge is 0.207 e. The van der Waals surface area contributed by atoms with Crippen LogP contribution in [0.4, 0.5) is 0 Å². The molecule has 0 spiro atoms. The second-order valence-corrected chi connectivity index (χ2v) is 8.52. The fourth-order valence-electron chi connectivity index (χ4n) is 2.69. The summed E-state index contributed by atoms with van der Waals surface area (Å²) in [5.41, 5.74) is 0. The highest BCUT2D eigenvalue weighted by Gasteiger charge is 2.34. The van der Waals surface area contributed by atoms with E-state index in [1.807, 2.05) is 24.3 Å². The normalized spacial score (nSPS) is 20.8. The van der Waals surface area contributed by atoms with Crippen LogP contribution in [0.25, 0.3) is 10.1 Å². The SMILES string of the molecule is CC1CCN(S(=O)(=O)c2c(CCl)sc3ccccc23)C1. The van der Waals surface area contributed by atoms with Gasteiger partial charge in [-0.15, -0.1) is 22.9 Å². The van der Waals surface area contributed by atoms with Gasteiger partial charge in [0.1, 0.15) is 4.90 Å². The summed E-state index contributed by atoms with van der Waals surface area (Å²) in [4.78, 5) is 1.16. The van der Waals surface area contributed by atoms with Crippen molar-refractivity contribution in [2.45, 2.75) is 24.1 Å². The molecule has 1 aliphatic heterocycles. The van der Waals surface area contributed by atoms with E-state index in [1.54, 1.807) is 4.31 Å². The first-order chi connectivity index (χ1) is 9.54. The van der Waals surface area contributed by atoms with Crippen molar-refractivity contribution in [3.8, 4) is 0 Å². The third-order valence-corrected chi connectivity index (χ3v) is 7.44. The quantitative estimate of drug-likeness (QED) is 0.806. The van der Waals surface area contributed by atoms with Crippen LogP contribution in [0.1, 0.15) is 18.2 Å². The van der Waals surface area contributed by atoms with Gasteiger partial charge < -0.3 is 0 Å². The highest BCUT2D eigenvalue weighted by Crippen LogP contribution is 2.38. The van der Waals surface area contributed by atoms with Crippen molar-refractivity contribution in [1.29, 1.82) is 0 Å². The van der Waals surface area contributed by atoms with E-state index in [4.69, 9.17) is 11.6 Å². The van der Waals surface area contributed by atoms with Crippen molar-refractivity contribution in [1.82, 2.24) is 4.31 Å². The van der Waals surface area contributed by atoms with Gasteiger partial charge in [-0.2, -0.15) is 4.31 Å². The topological polar surface area (TPSA) is 37.4 Å². The van der Waals surface area contributed by atoms with Gasteiger partial charge in [0.15, 0.2) is 0 Å². The van der Waals surface area contributed by atoms with Crippen molar-refractivity contribution < 1.29 is 8.42 Å². The Morgan fingerprint density at radius 2 is 2.15 bits per heavy atom. The molecular weight excluding hydrogens is 314 g/mol. The summed E-state index contributed by atoms with van der Waals surface area (Å²) in [6, 6.07) is 7.61. The summed E-state index contributed by atoms with van der Waals surface area (Å²) in [6.07, 6.45) is 0.928. The zero-order valence-corrected chi connectivity index (χ0v) is 13.6. The molecule has 20 heavy (non-hydrogen) atoms. The van der Waals surface area contributed by atoms with Crippen LogP contribution in [0.5, 0.6) is 0 Å². The zero-order chi connectivity index (χ0) is 14.3. The van der Waals surface area contributed by atoms with Crippen LogP contribution >= 0.6 is 22.9 Å². The lowest BCUT2D eigenvalue weighted by atomic mass is 10.2. The lowest BCUT2D eigenvalue weighted by Gasteiger charge is -2.16. The summed E-state index contributed by atoms with van der Waals surface area (Å²) < 4.78 is 28.4. The Morgan fingerprint density at radius 3 is 2.80 bits per heavy atom. The fourth-order valence-corrected chi connectivity index (χ4v) is 6.39. The number of thiophene rings is 1. The first kappa shape index (κ1) is 14.3. The van der Waals surface area contributed by atoms with Crippen LogP contribution in [0.15, 0.2) is 29.2 Å². The van der Waals surface area contributed by atoms with Crippen molar-refractivity contribution in [2.24, 2.45) is 5.92 Å². The summed E-state index contributed by atoms with van der Waals surface area (Å²) in [5.74, 6) is 0.659. The van der Waals surface area contributed by atoms with Gasteiger partial charge in [-0.25, -0.2) is 8.42 Å². The van der Waals surface area contributed by atoms with E-state index in [9.17, 15) is 8.42 Å². The molecule has 1 aromatic carbocycles. The molecule has 1 unspecified atom stereocenters. The summed E-state index contributed by atoms with van der Waals surface area (Å²) in [6.45, 7) is 3.30. The van der Waals surface area contributed by atoms with Gasteiger partial charge >= 0.3 is 0 Å². The van der Waals surface area contributed by atoms with E-state index in [0.29, 0.717) is 23.9 Å². The Balaban J connectivity index is 2.17. The maximum atomic E-state index is 12.9. The second kappa shape index (κ2) is 5.30. The number of hydrogen-bond donors (Lipinski definition) is 0. The molecule has 2 aromatic rings. The minimum Gasteiger partial charge on any atom is -0.207 e. The molecule has 3 nitrogen and oxygen atoms in total. The predicted molar refractivity (Wildman–Crippen MR) is 83.9 cm³/mol. The van der Waals surface area contributed by atoms with Gasteiger partial charge in [0.2, 0.25) is 10.0 Å². The highest BCUT2D eigenvalue weighted by atomic mass is 35.5. The number of rotatable bonds is 3. The zero-order valence-electron chi connectivity index (χ0n) is 11.2. The molecule has 1 fully saturated rings. The van der Waals surface area contributed by atoms with E-state index < -0.39 is 10.0 Å². The summed E-state index contributed by atoms with van der Waals surface area (Å²) in [5, 5.41) is 0.799. The maximum absolute atomic E-state index is 12.9. The molecule has 1 saturated heterocycles. The average Bonchev–Trinajstić information content (AvgIpc) is 3.02. The molecule has 2 heterocycles. The highest BCUT2D eigenvalue weighted by molar-refractivity contribution is 7.89. The first-order valence-electron chi connectivity index (χ1n) is 6.60. The second-order valence-electron chi connectivity index (χ2n) is 5.24. The third-order valence-electron chi connectivity index (χ3n) is 3.72. The van der Waals surface area contributed by atoms with Gasteiger partial charge in [-0.1, -0.05) is 25.1 Å². The van der Waals surface area contributed by atoms with Crippen LogP contribution in [-0.4, -0.2) is 25.8 Å². The molecule has 108 valence electrons. The molecule has 0 N–H and O–H groups in total. The Hall–Kier alpha value is -0.620. The molecule has 6 heteroatoms. The molecule has 0 radical (unpaired) electrons. The maximum Gasteiger partial charge on any atom is 0.244 e.